The van der Waals surface area contributed by atoms with Crippen LogP contribution >= 0.6 is 11.3 Å². The SMILES string of the molecule is CCNc1nc(OC)nc(N(C)Cc2cscn2)n1. The van der Waals surface area contributed by atoms with Gasteiger partial charge in [-0.2, -0.15) is 15.0 Å². The van der Waals surface area contributed by atoms with Gasteiger partial charge in [0.15, 0.2) is 0 Å². The number of rotatable bonds is 6. The Morgan fingerprint density at radius 2 is 2.21 bits per heavy atom. The first-order valence-corrected chi connectivity index (χ1v) is 6.79. The standard InChI is InChI=1S/C11H16N6OS/c1-4-12-9-14-10(16-11(15-9)18-3)17(2)5-8-6-19-7-13-8/h6-7H,4-5H2,1-3H3,(H,12,14,15,16). The number of nitrogens with one attached hydrogen (secondary N) is 1. The molecule has 2 heterocycles. The summed E-state index contributed by atoms with van der Waals surface area (Å²) in [4.78, 5) is 18.8. The summed E-state index contributed by atoms with van der Waals surface area (Å²) in [5.74, 6) is 1.06. The lowest BCUT2D eigenvalue weighted by Crippen LogP contribution is -2.20. The number of methoxy groups -OCH3 is 1. The molecule has 7 nitrogen and oxygen atoms in total. The van der Waals surface area contributed by atoms with Gasteiger partial charge in [-0.1, -0.05) is 0 Å². The van der Waals surface area contributed by atoms with Crippen molar-refractivity contribution in [2.45, 2.75) is 13.5 Å². The number of hydrogen-bond acceptors (Lipinski definition) is 8. The van der Waals surface area contributed by atoms with E-state index in [4.69, 9.17) is 4.74 Å². The van der Waals surface area contributed by atoms with E-state index in [2.05, 4.69) is 25.3 Å². The van der Waals surface area contributed by atoms with Gasteiger partial charge < -0.3 is 15.0 Å². The molecule has 0 aliphatic heterocycles. The third-order valence-electron chi connectivity index (χ3n) is 2.34. The molecule has 0 unspecified atom stereocenters. The zero-order valence-electron chi connectivity index (χ0n) is 11.1. The Balaban J connectivity index is 2.19. The van der Waals surface area contributed by atoms with Gasteiger partial charge in [0, 0.05) is 19.0 Å². The number of thiazole rings is 1. The Bertz CT molecular complexity index is 518. The molecule has 0 saturated heterocycles. The molecule has 0 aliphatic carbocycles. The number of nitrogens with zero attached hydrogens (tertiary/aromatic N) is 5. The molecular formula is C11H16N6OS. The molecule has 0 radical (unpaired) electrons. The van der Waals surface area contributed by atoms with Gasteiger partial charge in [0.1, 0.15) is 0 Å². The molecule has 2 aromatic rings. The quantitative estimate of drug-likeness (QED) is 0.857. The fourth-order valence-electron chi connectivity index (χ4n) is 1.47. The largest absolute Gasteiger partial charge is 0.467 e. The second kappa shape index (κ2) is 6.28. The Kier molecular flexibility index (Phi) is 4.45. The molecule has 0 aliphatic rings. The third kappa shape index (κ3) is 3.50. The van der Waals surface area contributed by atoms with Gasteiger partial charge in [-0.15, -0.1) is 11.3 Å². The number of ether oxygens (including phenoxy) is 1. The molecule has 0 spiro atoms. The van der Waals surface area contributed by atoms with Crippen molar-refractivity contribution in [3.63, 3.8) is 0 Å². The normalized spacial score (nSPS) is 10.3. The van der Waals surface area contributed by atoms with E-state index in [9.17, 15) is 0 Å². The van der Waals surface area contributed by atoms with E-state index in [-0.39, 0.29) is 0 Å². The summed E-state index contributed by atoms with van der Waals surface area (Å²) in [6.07, 6.45) is 0. The van der Waals surface area contributed by atoms with Crippen LogP contribution in [-0.4, -0.2) is 40.6 Å². The van der Waals surface area contributed by atoms with Gasteiger partial charge in [-0.3, -0.25) is 0 Å². The lowest BCUT2D eigenvalue weighted by molar-refractivity contribution is 0.379. The molecule has 19 heavy (non-hydrogen) atoms. The van der Waals surface area contributed by atoms with Crippen LogP contribution < -0.4 is 15.0 Å². The van der Waals surface area contributed by atoms with Crippen LogP contribution in [0.25, 0.3) is 0 Å². The second-order valence-corrected chi connectivity index (χ2v) is 4.53. The number of hydrogen-bond donors (Lipinski definition) is 1. The summed E-state index contributed by atoms with van der Waals surface area (Å²) in [5.41, 5.74) is 2.79. The summed E-state index contributed by atoms with van der Waals surface area (Å²) in [5, 5.41) is 5.05. The first-order valence-electron chi connectivity index (χ1n) is 5.85. The van der Waals surface area contributed by atoms with Gasteiger partial charge in [0.2, 0.25) is 11.9 Å². The van der Waals surface area contributed by atoms with Crippen LogP contribution in [0.2, 0.25) is 0 Å². The molecular weight excluding hydrogens is 264 g/mol. The van der Waals surface area contributed by atoms with Crippen LogP contribution in [0.1, 0.15) is 12.6 Å². The van der Waals surface area contributed by atoms with E-state index in [1.807, 2.05) is 24.3 Å². The van der Waals surface area contributed by atoms with Gasteiger partial charge in [0.05, 0.1) is 24.9 Å². The molecule has 8 heteroatoms. The minimum atomic E-state index is 0.297. The average Bonchev–Trinajstić information content (AvgIpc) is 2.91. The fourth-order valence-corrected chi connectivity index (χ4v) is 2.02. The van der Waals surface area contributed by atoms with E-state index in [1.165, 1.54) is 7.11 Å². The Morgan fingerprint density at radius 1 is 1.37 bits per heavy atom. The van der Waals surface area contributed by atoms with E-state index in [0.717, 1.165) is 12.2 Å². The minimum absolute atomic E-state index is 0.297. The molecule has 0 aromatic carbocycles. The molecule has 102 valence electrons. The van der Waals surface area contributed by atoms with Crippen LogP contribution in [0.5, 0.6) is 6.01 Å². The van der Waals surface area contributed by atoms with Crippen molar-refractivity contribution in [3.05, 3.63) is 16.6 Å². The van der Waals surface area contributed by atoms with Crippen LogP contribution in [0.4, 0.5) is 11.9 Å². The van der Waals surface area contributed by atoms with Crippen molar-refractivity contribution in [2.24, 2.45) is 0 Å². The predicted octanol–water partition coefficient (Wildman–Crippen LogP) is 1.40. The Labute approximate surface area is 115 Å². The van der Waals surface area contributed by atoms with Crippen molar-refractivity contribution in [3.8, 4) is 6.01 Å². The highest BCUT2D eigenvalue weighted by Gasteiger charge is 2.11. The first-order chi connectivity index (χ1) is 9.22. The molecule has 0 saturated carbocycles. The minimum Gasteiger partial charge on any atom is -0.467 e. The number of anilines is 2. The van der Waals surface area contributed by atoms with Crippen molar-refractivity contribution in [2.75, 3.05) is 30.9 Å². The topological polar surface area (TPSA) is 76.1 Å². The van der Waals surface area contributed by atoms with Gasteiger partial charge in [0.25, 0.3) is 0 Å². The van der Waals surface area contributed by atoms with Crippen molar-refractivity contribution < 1.29 is 4.74 Å². The van der Waals surface area contributed by atoms with Gasteiger partial charge in [-0.05, 0) is 6.92 Å². The predicted molar refractivity (Wildman–Crippen MR) is 74.8 cm³/mol. The summed E-state index contributed by atoms with van der Waals surface area (Å²) in [6, 6.07) is 0.297. The maximum atomic E-state index is 5.08. The summed E-state index contributed by atoms with van der Waals surface area (Å²) < 4.78 is 5.08. The van der Waals surface area contributed by atoms with E-state index in [0.29, 0.717) is 24.5 Å². The Morgan fingerprint density at radius 3 is 2.84 bits per heavy atom. The molecule has 0 bridgehead atoms. The average molecular weight is 280 g/mol. The van der Waals surface area contributed by atoms with Crippen molar-refractivity contribution >= 4 is 23.2 Å². The molecule has 2 rings (SSSR count). The maximum Gasteiger partial charge on any atom is 0.322 e. The third-order valence-corrected chi connectivity index (χ3v) is 2.98. The zero-order chi connectivity index (χ0) is 13.7. The summed E-state index contributed by atoms with van der Waals surface area (Å²) >= 11 is 1.57. The smallest absolute Gasteiger partial charge is 0.322 e. The molecule has 2 aromatic heterocycles. The monoisotopic (exact) mass is 280 g/mol. The van der Waals surface area contributed by atoms with E-state index < -0.39 is 0 Å². The second-order valence-electron chi connectivity index (χ2n) is 3.81. The lowest BCUT2D eigenvalue weighted by Gasteiger charge is -2.16. The van der Waals surface area contributed by atoms with Crippen molar-refractivity contribution in [1.29, 1.82) is 0 Å². The maximum absolute atomic E-state index is 5.08. The Hall–Kier alpha value is -1.96. The highest BCUT2D eigenvalue weighted by atomic mass is 32.1. The van der Waals surface area contributed by atoms with Crippen molar-refractivity contribution in [1.82, 2.24) is 19.9 Å². The van der Waals surface area contributed by atoms with E-state index >= 15 is 0 Å². The highest BCUT2D eigenvalue weighted by Crippen LogP contribution is 2.15. The van der Waals surface area contributed by atoms with Gasteiger partial charge >= 0.3 is 6.01 Å². The molecule has 0 atom stereocenters. The lowest BCUT2D eigenvalue weighted by atomic mass is 10.4. The summed E-state index contributed by atoms with van der Waals surface area (Å²) in [7, 11) is 3.44. The zero-order valence-corrected chi connectivity index (χ0v) is 11.9. The highest BCUT2D eigenvalue weighted by molar-refractivity contribution is 7.07. The van der Waals surface area contributed by atoms with Crippen LogP contribution in [0.15, 0.2) is 10.9 Å². The van der Waals surface area contributed by atoms with Gasteiger partial charge in [-0.25, -0.2) is 4.98 Å². The van der Waals surface area contributed by atoms with E-state index in [1.54, 1.807) is 16.8 Å². The molecule has 0 amide bonds. The van der Waals surface area contributed by atoms with Crippen LogP contribution in [0, 0.1) is 0 Å². The van der Waals surface area contributed by atoms with Crippen LogP contribution in [0.3, 0.4) is 0 Å². The summed E-state index contributed by atoms with van der Waals surface area (Å²) in [6.45, 7) is 3.36. The molecule has 1 N–H and O–H groups in total. The fraction of sp³-hybridized carbons (Fsp3) is 0.455. The molecule has 0 fully saturated rings. The number of aromatic nitrogens is 4. The van der Waals surface area contributed by atoms with Crippen LogP contribution in [-0.2, 0) is 6.54 Å². The first kappa shape index (κ1) is 13.5.